The summed E-state index contributed by atoms with van der Waals surface area (Å²) in [6, 6.07) is 3.44. The molecule has 0 aliphatic carbocycles. The quantitative estimate of drug-likeness (QED) is 0.809. The van der Waals surface area contributed by atoms with Gasteiger partial charge in [-0.1, -0.05) is 5.21 Å². The molecule has 0 bridgehead atoms. The second-order valence-electron chi connectivity index (χ2n) is 3.21. The molecule has 90 valence electrons. The lowest BCUT2D eigenvalue weighted by Gasteiger charge is -1.98. The lowest BCUT2D eigenvalue weighted by atomic mass is 10.4. The molecule has 2 heterocycles. The molecule has 8 heteroatoms. The van der Waals surface area contributed by atoms with E-state index in [4.69, 9.17) is 4.42 Å². The van der Waals surface area contributed by atoms with Crippen molar-refractivity contribution in [3.05, 3.63) is 29.5 Å². The van der Waals surface area contributed by atoms with E-state index in [1.54, 1.807) is 23.9 Å². The Morgan fingerprint density at radius 2 is 2.47 bits per heavy atom. The number of thioether (sulfide) groups is 1. The molecule has 0 atom stereocenters. The first kappa shape index (κ1) is 11.6. The van der Waals surface area contributed by atoms with Crippen LogP contribution in [0.4, 0.5) is 0 Å². The maximum Gasteiger partial charge on any atom is 0.287 e. The van der Waals surface area contributed by atoms with Crippen molar-refractivity contribution in [3.63, 3.8) is 0 Å². The third-order valence-electron chi connectivity index (χ3n) is 1.97. The number of furan rings is 1. The lowest BCUT2D eigenvalue weighted by molar-refractivity contribution is 0.0920. The number of aromatic nitrogens is 4. The van der Waals surface area contributed by atoms with Crippen LogP contribution in [-0.4, -0.2) is 32.8 Å². The summed E-state index contributed by atoms with van der Waals surface area (Å²) in [5, 5.41) is 15.8. The van der Waals surface area contributed by atoms with Crippen molar-refractivity contribution in [3.8, 4) is 0 Å². The highest BCUT2D eigenvalue weighted by Gasteiger charge is 2.11. The summed E-state index contributed by atoms with van der Waals surface area (Å²) in [6.07, 6.45) is 1.97. The number of nitrogens with zero attached hydrogens (tertiary/aromatic N) is 3. The summed E-state index contributed by atoms with van der Waals surface area (Å²) >= 11 is 1.63. The van der Waals surface area contributed by atoms with Gasteiger partial charge in [-0.2, -0.15) is 17.0 Å². The molecular weight excluding hydrogens is 242 g/mol. The number of rotatable bonds is 5. The number of carbonyl (C=O) groups excluding carboxylic acids is 1. The Balaban J connectivity index is 1.90. The Bertz CT molecular complexity index is 481. The fourth-order valence-corrected chi connectivity index (χ4v) is 1.66. The largest absolute Gasteiger partial charge is 0.455 e. The van der Waals surface area contributed by atoms with E-state index in [-0.39, 0.29) is 18.2 Å². The number of hydrogen-bond acceptors (Lipinski definition) is 6. The van der Waals surface area contributed by atoms with Gasteiger partial charge in [0.1, 0.15) is 5.76 Å². The van der Waals surface area contributed by atoms with Gasteiger partial charge in [-0.25, -0.2) is 0 Å². The van der Waals surface area contributed by atoms with Gasteiger partial charge in [0.15, 0.2) is 11.6 Å². The monoisotopic (exact) mass is 253 g/mol. The molecule has 7 nitrogen and oxygen atoms in total. The van der Waals surface area contributed by atoms with Crippen LogP contribution in [0, 0.1) is 0 Å². The van der Waals surface area contributed by atoms with Crippen molar-refractivity contribution in [2.45, 2.75) is 12.3 Å². The zero-order valence-electron chi connectivity index (χ0n) is 9.14. The van der Waals surface area contributed by atoms with E-state index < -0.39 is 0 Å². The molecule has 0 radical (unpaired) electrons. The second-order valence-corrected chi connectivity index (χ2v) is 4.08. The number of nitrogens with one attached hydrogen (secondary N) is 2. The molecular formula is C9H11N5O2S. The van der Waals surface area contributed by atoms with E-state index in [2.05, 4.69) is 25.9 Å². The SMILES string of the molecule is CSCc1ccc(C(=O)NCc2nn[nH]n2)o1. The van der Waals surface area contributed by atoms with E-state index in [0.717, 1.165) is 11.5 Å². The molecule has 1 amide bonds. The highest BCUT2D eigenvalue weighted by Crippen LogP contribution is 2.13. The molecule has 0 aliphatic heterocycles. The van der Waals surface area contributed by atoms with Crippen LogP contribution in [0.15, 0.2) is 16.5 Å². The molecule has 0 saturated heterocycles. The molecule has 0 aliphatic rings. The zero-order chi connectivity index (χ0) is 12.1. The van der Waals surface area contributed by atoms with E-state index in [9.17, 15) is 4.79 Å². The van der Waals surface area contributed by atoms with Gasteiger partial charge < -0.3 is 9.73 Å². The number of carbonyl (C=O) groups is 1. The van der Waals surface area contributed by atoms with Gasteiger partial charge in [0.05, 0.1) is 12.3 Å². The van der Waals surface area contributed by atoms with Gasteiger partial charge in [0.2, 0.25) is 0 Å². The first-order valence-electron chi connectivity index (χ1n) is 4.88. The minimum Gasteiger partial charge on any atom is -0.455 e. The van der Waals surface area contributed by atoms with Crippen LogP contribution in [0.3, 0.4) is 0 Å². The predicted molar refractivity (Wildman–Crippen MR) is 61.3 cm³/mol. The van der Waals surface area contributed by atoms with E-state index in [1.165, 1.54) is 0 Å². The smallest absolute Gasteiger partial charge is 0.287 e. The average molecular weight is 253 g/mol. The first-order chi connectivity index (χ1) is 8.29. The van der Waals surface area contributed by atoms with Gasteiger partial charge in [-0.15, -0.1) is 10.2 Å². The topological polar surface area (TPSA) is 96.7 Å². The summed E-state index contributed by atoms with van der Waals surface area (Å²) < 4.78 is 5.36. The van der Waals surface area contributed by atoms with Gasteiger partial charge >= 0.3 is 0 Å². The third kappa shape index (κ3) is 3.06. The average Bonchev–Trinajstić information content (AvgIpc) is 2.97. The normalized spacial score (nSPS) is 10.4. The lowest BCUT2D eigenvalue weighted by Crippen LogP contribution is -2.22. The van der Waals surface area contributed by atoms with Crippen LogP contribution in [0.1, 0.15) is 22.1 Å². The highest BCUT2D eigenvalue weighted by molar-refractivity contribution is 7.97. The summed E-state index contributed by atoms with van der Waals surface area (Å²) in [7, 11) is 0. The van der Waals surface area contributed by atoms with Gasteiger partial charge in [0, 0.05) is 0 Å². The minimum atomic E-state index is -0.290. The van der Waals surface area contributed by atoms with Gasteiger partial charge in [-0.3, -0.25) is 4.79 Å². The van der Waals surface area contributed by atoms with Gasteiger partial charge in [0.25, 0.3) is 5.91 Å². The highest BCUT2D eigenvalue weighted by atomic mass is 32.2. The third-order valence-corrected chi connectivity index (χ3v) is 2.54. The molecule has 0 spiro atoms. The van der Waals surface area contributed by atoms with Crippen molar-refractivity contribution in [2.24, 2.45) is 0 Å². The number of hydrogen-bond donors (Lipinski definition) is 2. The molecule has 2 rings (SSSR count). The molecule has 0 aromatic carbocycles. The Morgan fingerprint density at radius 3 is 3.18 bits per heavy atom. The number of aromatic amines is 1. The molecule has 17 heavy (non-hydrogen) atoms. The van der Waals surface area contributed by atoms with Crippen LogP contribution >= 0.6 is 11.8 Å². The summed E-state index contributed by atoms with van der Waals surface area (Å²) in [6.45, 7) is 0.216. The number of H-pyrrole nitrogens is 1. The van der Waals surface area contributed by atoms with Crippen LogP contribution in [0.5, 0.6) is 0 Å². The summed E-state index contributed by atoms with van der Waals surface area (Å²) in [5.74, 6) is 1.95. The molecule has 2 aromatic rings. The zero-order valence-corrected chi connectivity index (χ0v) is 9.95. The van der Waals surface area contributed by atoms with Crippen molar-refractivity contribution in [1.82, 2.24) is 25.9 Å². The molecule has 2 N–H and O–H groups in total. The van der Waals surface area contributed by atoms with Crippen LogP contribution in [0.25, 0.3) is 0 Å². The number of tetrazole rings is 1. The fourth-order valence-electron chi connectivity index (χ4n) is 1.22. The van der Waals surface area contributed by atoms with Crippen molar-refractivity contribution in [1.29, 1.82) is 0 Å². The van der Waals surface area contributed by atoms with Crippen molar-refractivity contribution >= 4 is 17.7 Å². The molecule has 0 unspecified atom stereocenters. The molecule has 0 fully saturated rings. The van der Waals surface area contributed by atoms with E-state index in [1.807, 2.05) is 6.26 Å². The second kappa shape index (κ2) is 5.48. The maximum atomic E-state index is 11.7. The predicted octanol–water partition coefficient (Wildman–Crippen LogP) is 0.586. The number of amides is 1. The van der Waals surface area contributed by atoms with Crippen molar-refractivity contribution < 1.29 is 9.21 Å². The summed E-state index contributed by atoms with van der Waals surface area (Å²) in [4.78, 5) is 11.7. The molecule has 0 saturated carbocycles. The first-order valence-corrected chi connectivity index (χ1v) is 6.27. The van der Waals surface area contributed by atoms with E-state index >= 15 is 0 Å². The Kier molecular flexibility index (Phi) is 3.76. The Hall–Kier alpha value is -1.83. The van der Waals surface area contributed by atoms with Crippen molar-refractivity contribution in [2.75, 3.05) is 6.26 Å². The van der Waals surface area contributed by atoms with Gasteiger partial charge in [-0.05, 0) is 18.4 Å². The van der Waals surface area contributed by atoms with Crippen LogP contribution in [-0.2, 0) is 12.3 Å². The molecule has 2 aromatic heterocycles. The Labute approximate surface area is 101 Å². The van der Waals surface area contributed by atoms with Crippen LogP contribution in [0.2, 0.25) is 0 Å². The fraction of sp³-hybridized carbons (Fsp3) is 0.333. The summed E-state index contributed by atoms with van der Waals surface area (Å²) in [5.41, 5.74) is 0. The van der Waals surface area contributed by atoms with E-state index in [0.29, 0.717) is 5.82 Å². The van der Waals surface area contributed by atoms with Crippen LogP contribution < -0.4 is 5.32 Å². The Morgan fingerprint density at radius 1 is 1.59 bits per heavy atom. The maximum absolute atomic E-state index is 11.7. The standard InChI is InChI=1S/C9H11N5O2S/c1-17-5-6-2-3-7(16-6)9(15)10-4-8-11-13-14-12-8/h2-3H,4-5H2,1H3,(H,10,15)(H,11,12,13,14). The minimum absolute atomic E-state index is 0.216.